The Morgan fingerprint density at radius 1 is 0.274 bits per heavy atom. The van der Waals surface area contributed by atoms with Crippen molar-refractivity contribution in [3.05, 3.63) is 0 Å². The molecule has 0 rings (SSSR count). The molecule has 0 aliphatic heterocycles. The fourth-order valence-corrected chi connectivity index (χ4v) is 15.1. The highest BCUT2D eigenvalue weighted by molar-refractivity contribution is 7.47. The van der Waals surface area contributed by atoms with Gasteiger partial charge in [-0.3, -0.25) is 37.3 Å². The zero-order valence-electron chi connectivity index (χ0n) is 69.7. The van der Waals surface area contributed by atoms with Crippen molar-refractivity contribution in [3.63, 3.8) is 0 Å². The molecule has 3 unspecified atom stereocenters. The molecule has 0 aliphatic rings. The van der Waals surface area contributed by atoms with Gasteiger partial charge in [-0.1, -0.05) is 414 Å². The summed E-state index contributed by atoms with van der Waals surface area (Å²) in [5, 5.41) is 10.7. The molecule has 0 aromatic heterocycles. The third-order valence-corrected chi connectivity index (χ3v) is 22.7. The quantitative estimate of drug-likeness (QED) is 0.0222. The maximum atomic E-state index is 13.2. The van der Waals surface area contributed by atoms with Crippen LogP contribution in [0.2, 0.25) is 0 Å². The maximum absolute atomic E-state index is 13.2. The van der Waals surface area contributed by atoms with Gasteiger partial charge in [0, 0.05) is 25.7 Å². The first-order valence-electron chi connectivity index (χ1n) is 45.0. The Morgan fingerprint density at radius 2 is 0.481 bits per heavy atom. The monoisotopic (exact) mass is 1550 g/mol. The molecule has 0 aliphatic carbocycles. The second-order valence-corrected chi connectivity index (χ2v) is 34.9. The average Bonchev–Trinajstić information content (AvgIpc) is 0.909. The van der Waals surface area contributed by atoms with Crippen LogP contribution in [0.5, 0.6) is 0 Å². The van der Waals surface area contributed by atoms with E-state index in [0.29, 0.717) is 25.7 Å². The number of ether oxygens (including phenoxy) is 4. The number of esters is 4. The first-order valence-corrected chi connectivity index (χ1v) is 48.0. The first-order chi connectivity index (χ1) is 51.4. The van der Waals surface area contributed by atoms with Crippen molar-refractivity contribution in [3.8, 4) is 0 Å². The Bertz CT molecular complexity index is 2030. The third kappa shape index (κ3) is 78.7. The Balaban J connectivity index is 5.23. The van der Waals surface area contributed by atoms with Gasteiger partial charge in [0.15, 0.2) is 12.2 Å². The molecule has 6 atom stereocenters. The van der Waals surface area contributed by atoms with Gasteiger partial charge in [0.05, 0.1) is 26.4 Å². The molecule has 0 saturated carbocycles. The summed E-state index contributed by atoms with van der Waals surface area (Å²) in [7, 11) is -9.93. The van der Waals surface area contributed by atoms with Crippen molar-refractivity contribution in [1.29, 1.82) is 0 Å². The van der Waals surface area contributed by atoms with Crippen LogP contribution in [-0.2, 0) is 65.4 Å². The molecule has 0 bridgehead atoms. The largest absolute Gasteiger partial charge is 0.472 e. The van der Waals surface area contributed by atoms with Crippen molar-refractivity contribution < 1.29 is 80.2 Å². The Hall–Kier alpha value is -1.94. The smallest absolute Gasteiger partial charge is 0.462 e. The van der Waals surface area contributed by atoms with Gasteiger partial charge in [-0.15, -0.1) is 0 Å². The molecular formula is C87H170O17P2. The minimum Gasteiger partial charge on any atom is -0.462 e. The van der Waals surface area contributed by atoms with Gasteiger partial charge >= 0.3 is 39.5 Å². The summed E-state index contributed by atoms with van der Waals surface area (Å²) in [6.07, 6.45) is 70.7. The Labute approximate surface area is 651 Å². The number of carbonyl (C=O) groups excluding carboxylic acids is 4. The number of aliphatic hydroxyl groups excluding tert-OH is 1. The zero-order chi connectivity index (χ0) is 77.8. The van der Waals surface area contributed by atoms with Crippen LogP contribution in [0.15, 0.2) is 0 Å². The summed E-state index contributed by atoms with van der Waals surface area (Å²) < 4.78 is 68.9. The second kappa shape index (κ2) is 78.3. The Morgan fingerprint density at radius 3 is 0.717 bits per heavy atom. The van der Waals surface area contributed by atoms with Gasteiger partial charge < -0.3 is 33.8 Å². The summed E-state index contributed by atoms with van der Waals surface area (Å²) in [6, 6.07) is 0. The van der Waals surface area contributed by atoms with E-state index in [1.807, 2.05) is 0 Å². The molecule has 0 aromatic rings. The normalized spacial score (nSPS) is 14.1. The van der Waals surface area contributed by atoms with E-state index in [9.17, 15) is 43.2 Å². The van der Waals surface area contributed by atoms with Crippen LogP contribution in [0.4, 0.5) is 0 Å². The lowest BCUT2D eigenvalue weighted by Crippen LogP contribution is -2.30. The van der Waals surface area contributed by atoms with Gasteiger partial charge in [0.25, 0.3) is 0 Å². The van der Waals surface area contributed by atoms with Gasteiger partial charge in [-0.2, -0.15) is 0 Å². The minimum atomic E-state index is -4.97. The fourth-order valence-electron chi connectivity index (χ4n) is 13.6. The number of rotatable bonds is 86. The number of phosphoric ester groups is 2. The molecular weight excluding hydrogens is 1380 g/mol. The number of hydrogen-bond acceptors (Lipinski definition) is 15. The molecule has 0 amide bonds. The second-order valence-electron chi connectivity index (χ2n) is 32.0. The molecule has 0 spiro atoms. The first kappa shape index (κ1) is 104. The molecule has 19 heteroatoms. The number of phosphoric acid groups is 2. The molecule has 0 fully saturated rings. The summed E-state index contributed by atoms with van der Waals surface area (Å²) in [5.41, 5.74) is 0. The number of aliphatic hydroxyl groups is 1. The lowest BCUT2D eigenvalue weighted by atomic mass is 9.99. The van der Waals surface area contributed by atoms with Gasteiger partial charge in [0.2, 0.25) is 0 Å². The van der Waals surface area contributed by atoms with E-state index >= 15 is 0 Å². The number of carbonyl (C=O) groups is 4. The molecule has 0 heterocycles. The van der Waals surface area contributed by atoms with Crippen LogP contribution in [0.1, 0.15) is 465 Å². The van der Waals surface area contributed by atoms with Crippen molar-refractivity contribution in [2.45, 2.75) is 484 Å². The highest BCUT2D eigenvalue weighted by atomic mass is 31.2. The van der Waals surface area contributed by atoms with Crippen LogP contribution < -0.4 is 0 Å². The fraction of sp³-hybridized carbons (Fsp3) is 0.954. The van der Waals surface area contributed by atoms with Crippen LogP contribution in [-0.4, -0.2) is 96.7 Å². The predicted octanol–water partition coefficient (Wildman–Crippen LogP) is 26.6. The lowest BCUT2D eigenvalue weighted by molar-refractivity contribution is -0.161. The van der Waals surface area contributed by atoms with E-state index in [-0.39, 0.29) is 25.7 Å². The van der Waals surface area contributed by atoms with Crippen molar-refractivity contribution >= 4 is 39.5 Å². The van der Waals surface area contributed by atoms with E-state index in [1.165, 1.54) is 283 Å². The highest BCUT2D eigenvalue weighted by Gasteiger charge is 2.30. The summed E-state index contributed by atoms with van der Waals surface area (Å²) in [6.45, 7) is 9.75. The van der Waals surface area contributed by atoms with Crippen LogP contribution >= 0.6 is 15.6 Å². The third-order valence-electron chi connectivity index (χ3n) is 20.8. The number of unbranched alkanes of at least 4 members (excludes halogenated alkanes) is 55. The molecule has 0 saturated heterocycles. The molecule has 17 nitrogen and oxygen atoms in total. The summed E-state index contributed by atoms with van der Waals surface area (Å²) in [5.74, 6) is -0.445. The summed E-state index contributed by atoms with van der Waals surface area (Å²) >= 11 is 0. The maximum Gasteiger partial charge on any atom is 0.472 e. The van der Waals surface area contributed by atoms with E-state index in [0.717, 1.165) is 102 Å². The van der Waals surface area contributed by atoms with Gasteiger partial charge in [0.1, 0.15) is 19.3 Å². The highest BCUT2D eigenvalue weighted by Crippen LogP contribution is 2.45. The van der Waals surface area contributed by atoms with E-state index in [1.54, 1.807) is 0 Å². The SMILES string of the molecule is CCCCCCCCCCCCCCCCCCCCCC(=O)OC[C@H](COP(=O)(O)OC[C@@H](O)COP(=O)(O)OC[C@@H](COC(=O)CCCCCCCCCCCC)OC(=O)CCCCCCCCCCCCCCCCC(C)CC)OC(=O)CCCCCCCCCCCCCCCCCCC(C)C. The van der Waals surface area contributed by atoms with E-state index in [2.05, 4.69) is 41.5 Å². The van der Waals surface area contributed by atoms with Crippen LogP contribution in [0.3, 0.4) is 0 Å². The molecule has 3 N–H and O–H groups in total. The van der Waals surface area contributed by atoms with Crippen molar-refractivity contribution in [2.24, 2.45) is 11.8 Å². The van der Waals surface area contributed by atoms with E-state index < -0.39 is 97.5 Å². The van der Waals surface area contributed by atoms with Crippen LogP contribution in [0.25, 0.3) is 0 Å². The molecule has 0 aromatic carbocycles. The zero-order valence-corrected chi connectivity index (χ0v) is 71.5. The van der Waals surface area contributed by atoms with Crippen molar-refractivity contribution in [1.82, 2.24) is 0 Å². The minimum absolute atomic E-state index is 0.108. The van der Waals surface area contributed by atoms with Gasteiger partial charge in [-0.05, 0) is 37.5 Å². The van der Waals surface area contributed by atoms with Crippen molar-refractivity contribution in [2.75, 3.05) is 39.6 Å². The summed E-state index contributed by atoms with van der Waals surface area (Å²) in [4.78, 5) is 73.2. The van der Waals surface area contributed by atoms with Gasteiger partial charge in [-0.25, -0.2) is 9.13 Å². The average molecular weight is 1550 g/mol. The standard InChI is InChI=1S/C87H170O17P2/c1-7-10-12-14-16-18-20-21-22-23-24-25-29-35-40-46-52-58-64-70-85(90)98-76-83(104-86(91)71-65-59-53-47-41-36-30-27-26-28-33-38-43-49-55-61-67-79(4)5)78-102-106(95,96)100-74-81(88)73-99-105(93,94)101-77-82(75-97-84(89)69-63-57-51-45-19-17-15-13-11-8-2)103-87(92)72-66-60-54-48-42-37-32-31-34-39-44-50-56-62-68-80(6)9-3/h79-83,88H,7-78H2,1-6H3,(H,93,94)(H,95,96)/t80?,81-,82+,83+/m0/s1. The van der Waals surface area contributed by atoms with Crippen LogP contribution in [0, 0.1) is 11.8 Å². The lowest BCUT2D eigenvalue weighted by Gasteiger charge is -2.21. The molecule has 0 radical (unpaired) electrons. The topological polar surface area (TPSA) is 237 Å². The Kier molecular flexibility index (Phi) is 76.9. The number of hydrogen-bond donors (Lipinski definition) is 3. The predicted molar refractivity (Wildman–Crippen MR) is 437 cm³/mol. The molecule has 630 valence electrons. The van der Waals surface area contributed by atoms with E-state index in [4.69, 9.17) is 37.0 Å². The molecule has 106 heavy (non-hydrogen) atoms.